The molecule has 4 rings (SSSR count). The molecule has 8 heteroatoms. The summed E-state index contributed by atoms with van der Waals surface area (Å²) >= 11 is 1.02. The monoisotopic (exact) mass is 458 g/mol. The fourth-order valence-electron chi connectivity index (χ4n) is 3.54. The van der Waals surface area contributed by atoms with E-state index in [4.69, 9.17) is 0 Å². The molecular formula is C25H19FN4O2S. The number of halogens is 1. The van der Waals surface area contributed by atoms with Crippen molar-refractivity contribution in [2.45, 2.75) is 13.3 Å². The summed E-state index contributed by atoms with van der Waals surface area (Å²) in [5.74, 6) is -1.50. The van der Waals surface area contributed by atoms with Gasteiger partial charge in [0.25, 0.3) is 5.56 Å². The number of carbonyl (C=O) groups excluding carboxylic acids is 1. The second kappa shape index (κ2) is 9.18. The van der Waals surface area contributed by atoms with Crippen molar-refractivity contribution in [2.24, 2.45) is 7.05 Å². The average molecular weight is 459 g/mol. The summed E-state index contributed by atoms with van der Waals surface area (Å²) in [5, 5.41) is 14.0. The highest BCUT2D eigenvalue weighted by Crippen LogP contribution is 2.15. The van der Waals surface area contributed by atoms with Crippen LogP contribution in [0.5, 0.6) is 0 Å². The molecule has 33 heavy (non-hydrogen) atoms. The highest BCUT2D eigenvalue weighted by Gasteiger charge is 2.21. The van der Waals surface area contributed by atoms with Crippen molar-refractivity contribution < 1.29 is 9.18 Å². The second-order valence-electron chi connectivity index (χ2n) is 7.28. The van der Waals surface area contributed by atoms with Gasteiger partial charge in [0.05, 0.1) is 22.0 Å². The summed E-state index contributed by atoms with van der Waals surface area (Å²) < 4.78 is 17.8. The number of thiazole rings is 1. The van der Waals surface area contributed by atoms with Crippen LogP contribution in [0.2, 0.25) is 0 Å². The molecular weight excluding hydrogens is 439 g/mol. The van der Waals surface area contributed by atoms with Crippen LogP contribution in [0.15, 0.2) is 65.7 Å². The number of Topliss-reactive ketones (excluding diaryl/α,β-unsaturated/α-hetero) is 1. The Kier molecular flexibility index (Phi) is 6.16. The molecule has 6 nitrogen and oxygen atoms in total. The van der Waals surface area contributed by atoms with Gasteiger partial charge in [-0.25, -0.2) is 4.39 Å². The maximum Gasteiger partial charge on any atom is 0.273 e. The standard InChI is InChI=1S/C25H19FN4O2S/c1-3-17-8-4-7-11-21(17)30-24(32)22(12-16-14-28-29(2)15-16)33-25(30)19(13-27)23(31)18-9-5-6-10-20(18)26/h4-12,14-15H,3H2,1-2H3/b22-12-,25-19-. The van der Waals surface area contributed by atoms with Gasteiger partial charge in [-0.05, 0) is 36.3 Å². The zero-order valence-electron chi connectivity index (χ0n) is 17.9. The van der Waals surface area contributed by atoms with Crippen molar-refractivity contribution in [3.05, 3.63) is 103 Å². The number of nitrogens with zero attached hydrogens (tertiary/aromatic N) is 4. The Morgan fingerprint density at radius 2 is 1.94 bits per heavy atom. The van der Waals surface area contributed by atoms with Crippen LogP contribution in [0.3, 0.4) is 0 Å². The van der Waals surface area contributed by atoms with Crippen LogP contribution in [-0.4, -0.2) is 20.1 Å². The Morgan fingerprint density at radius 1 is 1.21 bits per heavy atom. The quantitative estimate of drug-likeness (QED) is 0.431. The van der Waals surface area contributed by atoms with Gasteiger partial charge in [0.15, 0.2) is 0 Å². The summed E-state index contributed by atoms with van der Waals surface area (Å²) in [6, 6.07) is 14.7. The lowest BCUT2D eigenvalue weighted by Gasteiger charge is -2.09. The molecule has 0 unspecified atom stereocenters. The summed E-state index contributed by atoms with van der Waals surface area (Å²) in [6.07, 6.45) is 5.67. The summed E-state index contributed by atoms with van der Waals surface area (Å²) in [5.41, 5.74) is 1.28. The van der Waals surface area contributed by atoms with Crippen LogP contribution < -0.4 is 14.8 Å². The first-order chi connectivity index (χ1) is 15.9. The first-order valence-electron chi connectivity index (χ1n) is 10.2. The van der Waals surface area contributed by atoms with Crippen LogP contribution in [0.25, 0.3) is 17.3 Å². The smallest absolute Gasteiger partial charge is 0.273 e. The highest BCUT2D eigenvalue weighted by atomic mass is 32.1. The lowest BCUT2D eigenvalue weighted by atomic mass is 10.0. The molecule has 0 bridgehead atoms. The van der Waals surface area contributed by atoms with Crippen molar-refractivity contribution in [1.29, 1.82) is 5.26 Å². The minimum Gasteiger partial charge on any atom is -0.288 e. The van der Waals surface area contributed by atoms with Crippen LogP contribution in [0.1, 0.15) is 28.4 Å². The van der Waals surface area contributed by atoms with Crippen molar-refractivity contribution in [1.82, 2.24) is 14.3 Å². The molecule has 0 N–H and O–H groups in total. The van der Waals surface area contributed by atoms with Crippen molar-refractivity contribution in [2.75, 3.05) is 0 Å². The normalized spacial score (nSPS) is 12.5. The van der Waals surface area contributed by atoms with E-state index in [2.05, 4.69) is 5.10 Å². The van der Waals surface area contributed by atoms with Crippen molar-refractivity contribution >= 4 is 28.8 Å². The van der Waals surface area contributed by atoms with Crippen LogP contribution in [-0.2, 0) is 13.5 Å². The predicted octanol–water partition coefficient (Wildman–Crippen LogP) is 2.72. The van der Waals surface area contributed by atoms with Gasteiger partial charge in [-0.15, -0.1) is 11.3 Å². The first-order valence-corrected chi connectivity index (χ1v) is 11.0. The van der Waals surface area contributed by atoms with E-state index in [1.165, 1.54) is 22.8 Å². The van der Waals surface area contributed by atoms with E-state index in [9.17, 15) is 19.2 Å². The number of rotatable bonds is 5. The maximum absolute atomic E-state index is 14.3. The van der Waals surface area contributed by atoms with E-state index < -0.39 is 11.6 Å². The number of para-hydroxylation sites is 1. The van der Waals surface area contributed by atoms with Gasteiger partial charge >= 0.3 is 0 Å². The molecule has 4 aromatic rings. The molecule has 0 saturated carbocycles. The Hall–Kier alpha value is -4.09. The Labute approximate surface area is 192 Å². The molecule has 0 atom stereocenters. The van der Waals surface area contributed by atoms with Gasteiger partial charge < -0.3 is 0 Å². The molecule has 2 aromatic carbocycles. The fraction of sp³-hybridized carbons (Fsp3) is 0.120. The maximum atomic E-state index is 14.3. The number of carbonyl (C=O) groups is 1. The second-order valence-corrected chi connectivity index (χ2v) is 8.31. The third kappa shape index (κ3) is 4.19. The van der Waals surface area contributed by atoms with Crippen LogP contribution in [0, 0.1) is 17.1 Å². The van der Waals surface area contributed by atoms with Gasteiger partial charge in [-0.2, -0.15) is 10.4 Å². The topological polar surface area (TPSA) is 80.7 Å². The van der Waals surface area contributed by atoms with Crippen LogP contribution >= 0.6 is 11.3 Å². The summed E-state index contributed by atoms with van der Waals surface area (Å²) in [4.78, 5) is 26.7. The number of nitriles is 1. The Bertz CT molecular complexity index is 1590. The van der Waals surface area contributed by atoms with Gasteiger partial charge in [0, 0.05) is 18.8 Å². The number of benzene rings is 2. The Morgan fingerprint density at radius 3 is 2.61 bits per heavy atom. The van der Waals surface area contributed by atoms with E-state index in [1.54, 1.807) is 42.3 Å². The van der Waals surface area contributed by atoms with E-state index in [0.717, 1.165) is 23.0 Å². The largest absolute Gasteiger partial charge is 0.288 e. The molecule has 2 aromatic heterocycles. The van der Waals surface area contributed by atoms with Gasteiger partial charge in [-0.1, -0.05) is 37.3 Å². The average Bonchev–Trinajstić information content (AvgIpc) is 3.37. The van der Waals surface area contributed by atoms with Crippen LogP contribution in [0.4, 0.5) is 4.39 Å². The van der Waals surface area contributed by atoms with E-state index in [1.807, 2.05) is 25.1 Å². The van der Waals surface area contributed by atoms with E-state index in [0.29, 0.717) is 22.2 Å². The fourth-order valence-corrected chi connectivity index (χ4v) is 4.63. The molecule has 0 radical (unpaired) electrons. The number of aromatic nitrogens is 3. The van der Waals surface area contributed by atoms with Gasteiger partial charge in [0.2, 0.25) is 5.78 Å². The zero-order valence-corrected chi connectivity index (χ0v) is 18.8. The number of hydrogen-bond donors (Lipinski definition) is 0. The summed E-state index contributed by atoms with van der Waals surface area (Å²) in [7, 11) is 1.77. The van der Waals surface area contributed by atoms with Gasteiger partial charge in [0.1, 0.15) is 22.1 Å². The lowest BCUT2D eigenvalue weighted by Crippen LogP contribution is -2.32. The molecule has 0 aliphatic rings. The first kappa shape index (κ1) is 22.1. The van der Waals surface area contributed by atoms with Gasteiger partial charge in [-0.3, -0.25) is 18.8 Å². The molecule has 2 heterocycles. The third-order valence-corrected chi connectivity index (χ3v) is 6.22. The zero-order chi connectivity index (χ0) is 23.5. The number of hydrogen-bond acceptors (Lipinski definition) is 5. The number of aryl methyl sites for hydroxylation is 2. The SMILES string of the molecule is CCc1ccccc1-n1c(=O)/c(=C/c2cnn(C)c2)s/c1=C(/C#N)C(=O)c1ccccc1F. The number of ketones is 1. The summed E-state index contributed by atoms with van der Waals surface area (Å²) in [6.45, 7) is 1.96. The molecule has 0 aliphatic heterocycles. The van der Waals surface area contributed by atoms with Crippen molar-refractivity contribution in [3.63, 3.8) is 0 Å². The molecule has 0 amide bonds. The Balaban J connectivity index is 2.11. The molecule has 0 saturated heterocycles. The minimum atomic E-state index is -0.771. The lowest BCUT2D eigenvalue weighted by molar-refractivity contribution is 0.105. The molecule has 0 spiro atoms. The molecule has 164 valence electrons. The highest BCUT2D eigenvalue weighted by molar-refractivity contribution is 7.07. The molecule has 0 fully saturated rings. The van der Waals surface area contributed by atoms with E-state index >= 15 is 0 Å². The minimum absolute atomic E-state index is 0.159. The predicted molar refractivity (Wildman–Crippen MR) is 125 cm³/mol. The molecule has 0 aliphatic carbocycles. The van der Waals surface area contributed by atoms with E-state index in [-0.39, 0.29) is 21.4 Å². The third-order valence-electron chi connectivity index (χ3n) is 5.13. The van der Waals surface area contributed by atoms with Crippen molar-refractivity contribution in [3.8, 4) is 11.8 Å².